The molecule has 0 aliphatic rings. The molecule has 0 saturated heterocycles. The van der Waals surface area contributed by atoms with E-state index in [1.807, 2.05) is 12.6 Å². The Bertz CT molecular complexity index is 91.5. The van der Waals surface area contributed by atoms with Crippen LogP contribution in [0, 0.1) is 0 Å². The summed E-state index contributed by atoms with van der Waals surface area (Å²) >= 11 is 0. The van der Waals surface area contributed by atoms with Crippen LogP contribution in [0.1, 0.15) is 13.3 Å². The Kier molecular flexibility index (Phi) is 4.60. The second-order valence-corrected chi connectivity index (χ2v) is 3.32. The summed E-state index contributed by atoms with van der Waals surface area (Å²) in [5.41, 5.74) is 1.41. The van der Waals surface area contributed by atoms with Crippen LogP contribution in [0.2, 0.25) is 0 Å². The van der Waals surface area contributed by atoms with Crippen LogP contribution >= 0.6 is 0 Å². The van der Waals surface area contributed by atoms with E-state index in [1.54, 1.807) is 14.2 Å². The summed E-state index contributed by atoms with van der Waals surface area (Å²) in [6.45, 7) is 5.67. The normalized spacial score (nSPS) is 11.5. The molecule has 2 nitrogen and oxygen atoms in total. The van der Waals surface area contributed by atoms with Crippen molar-refractivity contribution in [3.63, 3.8) is 0 Å². The molecule has 0 rings (SSSR count). The molecule has 2 radical (unpaired) electrons. The number of hydrogen-bond acceptors (Lipinski definition) is 2. The van der Waals surface area contributed by atoms with Gasteiger partial charge in [-0.15, -0.1) is 12.3 Å². The molecule has 0 aromatic heterocycles. The highest BCUT2D eigenvalue weighted by atomic mass is 28.2. The first-order chi connectivity index (χ1) is 4.74. The molecule has 0 N–H and O–H groups in total. The standard InChI is InChI=1S/C7H14O2Si/c1-5-7(8-3,9-4)10-6-2/h6H,2,5H2,1,3-4H3. The van der Waals surface area contributed by atoms with Gasteiger partial charge in [0.25, 0.3) is 0 Å². The highest BCUT2D eigenvalue weighted by molar-refractivity contribution is 6.45. The van der Waals surface area contributed by atoms with Crippen molar-refractivity contribution >= 4 is 9.52 Å². The zero-order valence-electron chi connectivity index (χ0n) is 6.81. The molecule has 0 bridgehead atoms. The second-order valence-electron chi connectivity index (χ2n) is 1.86. The molecule has 0 aliphatic heterocycles. The van der Waals surface area contributed by atoms with E-state index in [-0.39, 0.29) is 0 Å². The minimum absolute atomic E-state index is 0.415. The van der Waals surface area contributed by atoms with Crippen LogP contribution in [-0.2, 0) is 9.47 Å². The molecular weight excluding hydrogens is 144 g/mol. The summed E-state index contributed by atoms with van der Waals surface area (Å²) in [5, 5.41) is 0. The van der Waals surface area contributed by atoms with E-state index in [4.69, 9.17) is 9.47 Å². The van der Waals surface area contributed by atoms with Gasteiger partial charge in [0.15, 0.2) is 14.9 Å². The number of ether oxygens (including phenoxy) is 2. The number of hydrogen-bond donors (Lipinski definition) is 0. The molecule has 0 atom stereocenters. The minimum atomic E-state index is -0.415. The van der Waals surface area contributed by atoms with Crippen LogP contribution in [-0.4, -0.2) is 29.1 Å². The van der Waals surface area contributed by atoms with Crippen LogP contribution < -0.4 is 0 Å². The topological polar surface area (TPSA) is 18.5 Å². The molecule has 0 amide bonds. The van der Waals surface area contributed by atoms with Crippen LogP contribution in [0.15, 0.2) is 12.3 Å². The Morgan fingerprint density at radius 3 is 2.10 bits per heavy atom. The van der Waals surface area contributed by atoms with Crippen molar-refractivity contribution in [3.8, 4) is 0 Å². The van der Waals surface area contributed by atoms with Crippen molar-refractivity contribution in [3.05, 3.63) is 12.3 Å². The molecule has 0 unspecified atom stereocenters. The molecule has 0 spiro atoms. The Morgan fingerprint density at radius 2 is 2.00 bits per heavy atom. The molecule has 10 heavy (non-hydrogen) atoms. The van der Waals surface area contributed by atoms with E-state index < -0.39 is 5.41 Å². The van der Waals surface area contributed by atoms with Gasteiger partial charge in [0, 0.05) is 14.2 Å². The SMILES string of the molecule is C=C[Si]C(CC)(OC)OC. The van der Waals surface area contributed by atoms with Gasteiger partial charge in [0.2, 0.25) is 0 Å². The largest absolute Gasteiger partial charge is 0.357 e. The van der Waals surface area contributed by atoms with E-state index in [0.29, 0.717) is 9.52 Å². The van der Waals surface area contributed by atoms with Gasteiger partial charge in [0.1, 0.15) is 0 Å². The predicted molar refractivity (Wildman–Crippen MR) is 43.0 cm³/mol. The summed E-state index contributed by atoms with van der Waals surface area (Å²) in [6, 6.07) is 0. The van der Waals surface area contributed by atoms with Gasteiger partial charge < -0.3 is 9.47 Å². The van der Waals surface area contributed by atoms with Crippen molar-refractivity contribution in [2.24, 2.45) is 0 Å². The van der Waals surface area contributed by atoms with Crippen LogP contribution in [0.4, 0.5) is 0 Å². The van der Waals surface area contributed by atoms with E-state index in [2.05, 4.69) is 6.58 Å². The van der Waals surface area contributed by atoms with Crippen LogP contribution in [0.5, 0.6) is 0 Å². The van der Waals surface area contributed by atoms with Crippen LogP contribution in [0.3, 0.4) is 0 Å². The average molecular weight is 158 g/mol. The fourth-order valence-corrected chi connectivity index (χ4v) is 1.50. The summed E-state index contributed by atoms with van der Waals surface area (Å²) in [7, 11) is 3.81. The lowest BCUT2D eigenvalue weighted by Gasteiger charge is -2.27. The minimum Gasteiger partial charge on any atom is -0.357 e. The molecule has 0 aliphatic carbocycles. The molecule has 3 heteroatoms. The van der Waals surface area contributed by atoms with Gasteiger partial charge in [-0.3, -0.25) is 0 Å². The fourth-order valence-electron chi connectivity index (χ4n) is 0.747. The van der Waals surface area contributed by atoms with E-state index >= 15 is 0 Å². The Balaban J connectivity index is 4.00. The lowest BCUT2D eigenvalue weighted by Crippen LogP contribution is -2.38. The van der Waals surface area contributed by atoms with Crippen molar-refractivity contribution < 1.29 is 9.47 Å². The zero-order valence-corrected chi connectivity index (χ0v) is 7.81. The fraction of sp³-hybridized carbons (Fsp3) is 0.714. The van der Waals surface area contributed by atoms with Crippen molar-refractivity contribution in [1.29, 1.82) is 0 Å². The molecule has 0 aromatic rings. The van der Waals surface area contributed by atoms with Crippen molar-refractivity contribution in [2.45, 2.75) is 18.8 Å². The van der Waals surface area contributed by atoms with Crippen molar-refractivity contribution in [1.82, 2.24) is 0 Å². The molecule has 0 saturated carbocycles. The summed E-state index contributed by atoms with van der Waals surface area (Å²) in [4.78, 5) is 0. The summed E-state index contributed by atoms with van der Waals surface area (Å²) in [5.74, 6) is 0. The number of methoxy groups -OCH3 is 2. The summed E-state index contributed by atoms with van der Waals surface area (Å²) < 4.78 is 10.4. The molecule has 0 aromatic carbocycles. The van der Waals surface area contributed by atoms with Gasteiger partial charge in [-0.25, -0.2) is 0 Å². The molecular formula is C7H14O2Si. The lowest BCUT2D eigenvalue weighted by molar-refractivity contribution is -0.145. The van der Waals surface area contributed by atoms with E-state index in [9.17, 15) is 0 Å². The first kappa shape index (κ1) is 9.88. The Hall–Kier alpha value is -0.123. The lowest BCUT2D eigenvalue weighted by atomic mass is 10.5. The molecule has 58 valence electrons. The second kappa shape index (κ2) is 4.66. The maximum atomic E-state index is 5.20. The first-order valence-electron chi connectivity index (χ1n) is 3.23. The number of rotatable bonds is 5. The summed E-state index contributed by atoms with van der Waals surface area (Å²) in [6.07, 6.45) is 0.852. The smallest absolute Gasteiger partial charge is 0.151 e. The van der Waals surface area contributed by atoms with Gasteiger partial charge in [0.05, 0.1) is 0 Å². The molecule has 0 fully saturated rings. The third-order valence-electron chi connectivity index (χ3n) is 1.45. The quantitative estimate of drug-likeness (QED) is 0.442. The predicted octanol–water partition coefficient (Wildman–Crippen LogP) is 1.19. The maximum absolute atomic E-state index is 5.20. The monoisotopic (exact) mass is 158 g/mol. The van der Waals surface area contributed by atoms with Crippen LogP contribution in [0.25, 0.3) is 0 Å². The Labute approximate surface area is 65.0 Å². The van der Waals surface area contributed by atoms with Gasteiger partial charge in [-0.05, 0) is 6.42 Å². The van der Waals surface area contributed by atoms with Crippen molar-refractivity contribution in [2.75, 3.05) is 14.2 Å². The molecule has 0 heterocycles. The van der Waals surface area contributed by atoms with Gasteiger partial charge in [-0.1, -0.05) is 6.92 Å². The average Bonchev–Trinajstić information content (AvgIpc) is 2.01. The van der Waals surface area contributed by atoms with Gasteiger partial charge >= 0.3 is 0 Å². The zero-order chi connectivity index (χ0) is 8.04. The highest BCUT2D eigenvalue weighted by Gasteiger charge is 2.25. The third-order valence-corrected chi connectivity index (χ3v) is 2.85. The van der Waals surface area contributed by atoms with E-state index in [0.717, 1.165) is 6.42 Å². The van der Waals surface area contributed by atoms with E-state index in [1.165, 1.54) is 0 Å². The van der Waals surface area contributed by atoms with Gasteiger partial charge in [-0.2, -0.15) is 0 Å². The highest BCUT2D eigenvalue weighted by Crippen LogP contribution is 2.13. The third kappa shape index (κ3) is 2.25. The first-order valence-corrected chi connectivity index (χ1v) is 4.31. The Morgan fingerprint density at radius 1 is 1.50 bits per heavy atom. The maximum Gasteiger partial charge on any atom is 0.151 e.